The molecule has 1 atom stereocenters. The third-order valence-corrected chi connectivity index (χ3v) is 3.52. The van der Waals surface area contributed by atoms with E-state index < -0.39 is 0 Å². The number of rotatable bonds is 5. The molecule has 1 amide bonds. The van der Waals surface area contributed by atoms with E-state index in [4.69, 9.17) is 18.7 Å². The summed E-state index contributed by atoms with van der Waals surface area (Å²) in [6, 6.07) is 5.25. The molecule has 7 nitrogen and oxygen atoms in total. The quantitative estimate of drug-likeness (QED) is 0.909. The van der Waals surface area contributed by atoms with Gasteiger partial charge >= 0.3 is 0 Å². The first-order valence-electron chi connectivity index (χ1n) is 7.26. The fraction of sp³-hybridized carbons (Fsp3) is 0.375. The number of hydrogen-bond donors (Lipinski definition) is 1. The van der Waals surface area contributed by atoms with E-state index in [0.717, 1.165) is 0 Å². The fourth-order valence-electron chi connectivity index (χ4n) is 2.46. The Hall–Kier alpha value is -2.54. The zero-order valence-corrected chi connectivity index (χ0v) is 13.2. The zero-order valence-electron chi connectivity index (χ0n) is 13.2. The van der Waals surface area contributed by atoms with Crippen molar-refractivity contribution in [3.05, 3.63) is 29.5 Å². The molecule has 0 bridgehead atoms. The minimum absolute atomic E-state index is 0.119. The third kappa shape index (κ3) is 3.00. The molecule has 0 saturated carbocycles. The summed E-state index contributed by atoms with van der Waals surface area (Å²) in [6.07, 6.45) is 0. The molecule has 2 aromatic rings. The van der Waals surface area contributed by atoms with Gasteiger partial charge in [-0.3, -0.25) is 4.79 Å². The van der Waals surface area contributed by atoms with Gasteiger partial charge in [-0.25, -0.2) is 0 Å². The van der Waals surface area contributed by atoms with Crippen LogP contribution in [0, 0.1) is 6.92 Å². The maximum Gasteiger partial charge on any atom is 0.257 e. The van der Waals surface area contributed by atoms with Crippen LogP contribution in [0.2, 0.25) is 0 Å². The lowest BCUT2D eigenvalue weighted by Crippen LogP contribution is -2.36. The lowest BCUT2D eigenvalue weighted by Gasteiger charge is -2.12. The van der Waals surface area contributed by atoms with Crippen molar-refractivity contribution >= 4 is 5.91 Å². The monoisotopic (exact) mass is 318 g/mol. The van der Waals surface area contributed by atoms with Gasteiger partial charge in [0.1, 0.15) is 5.56 Å². The minimum atomic E-state index is -0.249. The van der Waals surface area contributed by atoms with Gasteiger partial charge < -0.3 is 24.1 Å². The number of aryl methyl sites for hydroxylation is 1. The SMILES string of the molecule is COCC(C)NC(=O)c1c(C)noc1-c1ccc2c(c1)OCO2. The van der Waals surface area contributed by atoms with Crippen molar-refractivity contribution in [3.63, 3.8) is 0 Å². The van der Waals surface area contributed by atoms with Crippen LogP contribution in [0.15, 0.2) is 22.7 Å². The summed E-state index contributed by atoms with van der Waals surface area (Å²) in [5.41, 5.74) is 1.64. The summed E-state index contributed by atoms with van der Waals surface area (Å²) in [7, 11) is 1.59. The van der Waals surface area contributed by atoms with E-state index in [1.54, 1.807) is 26.2 Å². The predicted molar refractivity (Wildman–Crippen MR) is 81.6 cm³/mol. The van der Waals surface area contributed by atoms with Gasteiger partial charge in [-0.15, -0.1) is 0 Å². The summed E-state index contributed by atoms with van der Waals surface area (Å²) in [6.45, 7) is 4.21. The molecule has 1 N–H and O–H groups in total. The molecule has 0 radical (unpaired) electrons. The average Bonchev–Trinajstić information content (AvgIpc) is 3.12. The Bertz CT molecular complexity index is 725. The van der Waals surface area contributed by atoms with Crippen LogP contribution in [0.4, 0.5) is 0 Å². The Morgan fingerprint density at radius 1 is 1.39 bits per heavy atom. The van der Waals surface area contributed by atoms with Gasteiger partial charge in [0.2, 0.25) is 6.79 Å². The van der Waals surface area contributed by atoms with Gasteiger partial charge in [-0.1, -0.05) is 5.16 Å². The molecule has 23 heavy (non-hydrogen) atoms. The Morgan fingerprint density at radius 3 is 2.96 bits per heavy atom. The number of carbonyl (C=O) groups is 1. The Morgan fingerprint density at radius 2 is 2.17 bits per heavy atom. The standard InChI is InChI=1S/C16H18N2O5/c1-9(7-20-3)17-16(19)14-10(2)18-23-15(14)11-4-5-12-13(6-11)22-8-21-12/h4-6,9H,7-8H2,1-3H3,(H,17,19). The Labute approximate surface area is 133 Å². The van der Waals surface area contributed by atoms with E-state index in [0.29, 0.717) is 40.7 Å². The molecule has 0 fully saturated rings. The molecule has 0 spiro atoms. The van der Waals surface area contributed by atoms with Crippen LogP contribution < -0.4 is 14.8 Å². The van der Waals surface area contributed by atoms with Crippen LogP contribution in [0.25, 0.3) is 11.3 Å². The lowest BCUT2D eigenvalue weighted by atomic mass is 10.1. The molecule has 1 unspecified atom stereocenters. The number of fused-ring (bicyclic) bond motifs is 1. The molecule has 1 aromatic heterocycles. The number of aromatic nitrogens is 1. The van der Waals surface area contributed by atoms with Crippen molar-refractivity contribution in [2.75, 3.05) is 20.5 Å². The third-order valence-electron chi connectivity index (χ3n) is 3.52. The highest BCUT2D eigenvalue weighted by Gasteiger charge is 2.24. The second-order valence-corrected chi connectivity index (χ2v) is 5.37. The molecule has 1 aliphatic rings. The molecule has 3 rings (SSSR count). The molecule has 122 valence electrons. The van der Waals surface area contributed by atoms with Crippen molar-refractivity contribution in [3.8, 4) is 22.8 Å². The number of nitrogens with one attached hydrogen (secondary N) is 1. The topological polar surface area (TPSA) is 82.8 Å². The summed E-state index contributed by atoms with van der Waals surface area (Å²) in [5.74, 6) is 1.45. The highest BCUT2D eigenvalue weighted by molar-refractivity contribution is 6.00. The molecule has 0 saturated heterocycles. The van der Waals surface area contributed by atoms with Crippen molar-refractivity contribution in [2.24, 2.45) is 0 Å². The highest BCUT2D eigenvalue weighted by Crippen LogP contribution is 2.37. The maximum atomic E-state index is 12.5. The number of carbonyl (C=O) groups excluding carboxylic acids is 1. The first-order valence-corrected chi connectivity index (χ1v) is 7.26. The van der Waals surface area contributed by atoms with Crippen molar-refractivity contribution in [2.45, 2.75) is 19.9 Å². The van der Waals surface area contributed by atoms with E-state index in [1.807, 2.05) is 13.0 Å². The summed E-state index contributed by atoms with van der Waals surface area (Å²) in [4.78, 5) is 12.5. The van der Waals surface area contributed by atoms with Gasteiger partial charge in [-0.2, -0.15) is 0 Å². The molecular weight excluding hydrogens is 300 g/mol. The number of benzene rings is 1. The van der Waals surface area contributed by atoms with Crippen molar-refractivity contribution in [1.29, 1.82) is 0 Å². The second kappa shape index (κ2) is 6.29. The smallest absolute Gasteiger partial charge is 0.257 e. The van der Waals surface area contributed by atoms with E-state index in [2.05, 4.69) is 10.5 Å². The Kier molecular flexibility index (Phi) is 4.20. The van der Waals surface area contributed by atoms with Gasteiger partial charge in [0, 0.05) is 18.7 Å². The van der Waals surface area contributed by atoms with Crippen molar-refractivity contribution < 1.29 is 23.5 Å². The largest absolute Gasteiger partial charge is 0.454 e. The van der Waals surface area contributed by atoms with E-state index in [-0.39, 0.29) is 18.7 Å². The van der Waals surface area contributed by atoms with Crippen LogP contribution >= 0.6 is 0 Å². The number of hydrogen-bond acceptors (Lipinski definition) is 6. The minimum Gasteiger partial charge on any atom is -0.454 e. The average molecular weight is 318 g/mol. The van der Waals surface area contributed by atoms with E-state index in [1.165, 1.54) is 0 Å². The summed E-state index contributed by atoms with van der Waals surface area (Å²) in [5, 5.41) is 6.79. The maximum absolute atomic E-state index is 12.5. The summed E-state index contributed by atoms with van der Waals surface area (Å²) < 4.78 is 21.1. The van der Waals surface area contributed by atoms with Crippen LogP contribution in [-0.4, -0.2) is 37.6 Å². The van der Waals surface area contributed by atoms with Crippen LogP contribution in [-0.2, 0) is 4.74 Å². The molecular formula is C16H18N2O5. The van der Waals surface area contributed by atoms with Gasteiger partial charge in [-0.05, 0) is 32.0 Å². The van der Waals surface area contributed by atoms with Crippen molar-refractivity contribution in [1.82, 2.24) is 10.5 Å². The summed E-state index contributed by atoms with van der Waals surface area (Å²) >= 11 is 0. The fourth-order valence-corrected chi connectivity index (χ4v) is 2.46. The van der Waals surface area contributed by atoms with E-state index >= 15 is 0 Å². The highest BCUT2D eigenvalue weighted by atomic mass is 16.7. The molecule has 0 aliphatic carbocycles. The first-order chi connectivity index (χ1) is 11.1. The van der Waals surface area contributed by atoms with Crippen LogP contribution in [0.5, 0.6) is 11.5 Å². The number of amides is 1. The normalized spacial score (nSPS) is 13.9. The van der Waals surface area contributed by atoms with E-state index in [9.17, 15) is 4.79 Å². The molecule has 2 heterocycles. The second-order valence-electron chi connectivity index (χ2n) is 5.37. The molecule has 1 aromatic carbocycles. The Balaban J connectivity index is 1.91. The lowest BCUT2D eigenvalue weighted by molar-refractivity contribution is 0.0905. The van der Waals surface area contributed by atoms with Crippen LogP contribution in [0.3, 0.4) is 0 Å². The molecule has 7 heteroatoms. The molecule has 1 aliphatic heterocycles. The number of methoxy groups -OCH3 is 1. The first kappa shape index (κ1) is 15.4. The number of nitrogens with zero attached hydrogens (tertiary/aromatic N) is 1. The van der Waals surface area contributed by atoms with Gasteiger partial charge in [0.25, 0.3) is 5.91 Å². The number of ether oxygens (including phenoxy) is 3. The van der Waals surface area contributed by atoms with Crippen LogP contribution in [0.1, 0.15) is 23.0 Å². The predicted octanol–water partition coefficient (Wildman–Crippen LogP) is 2.14. The zero-order chi connectivity index (χ0) is 16.4. The van der Waals surface area contributed by atoms with Gasteiger partial charge in [0.15, 0.2) is 17.3 Å². The van der Waals surface area contributed by atoms with Gasteiger partial charge in [0.05, 0.1) is 12.3 Å².